The van der Waals surface area contributed by atoms with Gasteiger partial charge in [-0.15, -0.1) is 0 Å². The van der Waals surface area contributed by atoms with Crippen molar-refractivity contribution in [3.63, 3.8) is 0 Å². The average molecular weight is 310 g/mol. The maximum absolute atomic E-state index is 11.6. The molecule has 0 atom stereocenters. The number of methoxy groups -OCH3 is 1. The van der Waals surface area contributed by atoms with E-state index in [9.17, 15) is 4.79 Å². The van der Waals surface area contributed by atoms with E-state index in [-0.39, 0.29) is 5.04 Å². The summed E-state index contributed by atoms with van der Waals surface area (Å²) >= 11 is 0. The number of ether oxygens (including phenoxy) is 2. The number of hydrogen-bond donors (Lipinski definition) is 0. The van der Waals surface area contributed by atoms with Gasteiger partial charge in [0, 0.05) is 0 Å². The number of rotatable bonds is 6. The molecule has 0 N–H and O–H groups in total. The molecule has 118 valence electrons. The van der Waals surface area contributed by atoms with Gasteiger partial charge in [0.2, 0.25) is 0 Å². The Morgan fingerprint density at radius 3 is 2.33 bits per heavy atom. The highest BCUT2D eigenvalue weighted by Gasteiger charge is 2.36. The molecule has 0 amide bonds. The molecule has 0 radical (unpaired) electrons. The van der Waals surface area contributed by atoms with Crippen LogP contribution in [0.1, 0.15) is 31.1 Å². The Morgan fingerprint density at radius 2 is 1.76 bits per heavy atom. The van der Waals surface area contributed by atoms with Gasteiger partial charge < -0.3 is 13.9 Å². The first-order chi connectivity index (χ1) is 9.69. The number of esters is 1. The van der Waals surface area contributed by atoms with Gasteiger partial charge in [-0.1, -0.05) is 32.9 Å². The van der Waals surface area contributed by atoms with Gasteiger partial charge in [-0.05, 0) is 30.3 Å². The van der Waals surface area contributed by atoms with E-state index in [0.717, 1.165) is 0 Å². The number of benzene rings is 1. The van der Waals surface area contributed by atoms with Crippen molar-refractivity contribution in [3.8, 4) is 5.75 Å². The topological polar surface area (TPSA) is 44.8 Å². The fourth-order valence-corrected chi connectivity index (χ4v) is 2.56. The van der Waals surface area contributed by atoms with E-state index in [1.54, 1.807) is 18.2 Å². The lowest BCUT2D eigenvalue weighted by atomic mass is 10.2. The molecule has 0 spiro atoms. The summed E-state index contributed by atoms with van der Waals surface area (Å²) in [7, 11) is -0.396. The molecule has 0 aliphatic carbocycles. The van der Waals surface area contributed by atoms with Crippen molar-refractivity contribution in [3.05, 3.63) is 29.8 Å². The average Bonchev–Trinajstić information content (AvgIpc) is 2.42. The standard InChI is InChI=1S/C16H26O4Si/c1-16(2,3)21(5,6)20-12-11-19-14-10-8-7-9-13(14)15(17)18-4/h7-10H,11-12H2,1-6H3. The third-order valence-corrected chi connectivity index (χ3v) is 8.44. The molecule has 0 bridgehead atoms. The van der Waals surface area contributed by atoms with Gasteiger partial charge in [-0.3, -0.25) is 0 Å². The highest BCUT2D eigenvalue weighted by molar-refractivity contribution is 6.74. The van der Waals surface area contributed by atoms with E-state index in [4.69, 9.17) is 13.9 Å². The fourth-order valence-electron chi connectivity index (χ4n) is 1.54. The van der Waals surface area contributed by atoms with Gasteiger partial charge in [0.15, 0.2) is 8.32 Å². The second-order valence-electron chi connectivity index (χ2n) is 6.44. The second kappa shape index (κ2) is 7.09. The summed E-state index contributed by atoms with van der Waals surface area (Å²) < 4.78 is 16.4. The molecule has 5 heteroatoms. The number of carbonyl (C=O) groups is 1. The first-order valence-corrected chi connectivity index (χ1v) is 10.0. The molecule has 0 unspecified atom stereocenters. The van der Waals surface area contributed by atoms with Crippen LogP contribution in [0, 0.1) is 0 Å². The van der Waals surface area contributed by atoms with Crippen molar-refractivity contribution < 1.29 is 18.7 Å². The van der Waals surface area contributed by atoms with E-state index in [1.807, 2.05) is 6.07 Å². The molecule has 0 saturated carbocycles. The summed E-state index contributed by atoms with van der Waals surface area (Å²) in [5.74, 6) is 0.138. The lowest BCUT2D eigenvalue weighted by molar-refractivity contribution is 0.0595. The predicted octanol–water partition coefficient (Wildman–Crippen LogP) is 3.87. The van der Waals surface area contributed by atoms with Crippen LogP contribution in [0.4, 0.5) is 0 Å². The molecule has 1 rings (SSSR count). The summed E-state index contributed by atoms with van der Waals surface area (Å²) in [6.45, 7) is 11.9. The van der Waals surface area contributed by atoms with Crippen LogP contribution in [0.15, 0.2) is 24.3 Å². The number of carbonyl (C=O) groups excluding carboxylic acids is 1. The molecule has 21 heavy (non-hydrogen) atoms. The molecule has 1 aromatic carbocycles. The van der Waals surface area contributed by atoms with Gasteiger partial charge >= 0.3 is 5.97 Å². The van der Waals surface area contributed by atoms with E-state index in [0.29, 0.717) is 24.5 Å². The molecule has 0 aromatic heterocycles. The fraction of sp³-hybridized carbons (Fsp3) is 0.562. The van der Waals surface area contributed by atoms with Crippen molar-refractivity contribution in [1.29, 1.82) is 0 Å². The quantitative estimate of drug-likeness (QED) is 0.454. The predicted molar refractivity (Wildman–Crippen MR) is 86.4 cm³/mol. The highest BCUT2D eigenvalue weighted by Crippen LogP contribution is 2.36. The van der Waals surface area contributed by atoms with Crippen LogP contribution in [0.2, 0.25) is 18.1 Å². The number of hydrogen-bond acceptors (Lipinski definition) is 4. The smallest absolute Gasteiger partial charge is 0.341 e. The van der Waals surface area contributed by atoms with E-state index < -0.39 is 14.3 Å². The summed E-state index contributed by atoms with van der Waals surface area (Å²) in [6.07, 6.45) is 0. The summed E-state index contributed by atoms with van der Waals surface area (Å²) in [5.41, 5.74) is 0.437. The zero-order valence-electron chi connectivity index (χ0n) is 13.9. The van der Waals surface area contributed by atoms with Crippen molar-refractivity contribution in [2.45, 2.75) is 38.9 Å². The van der Waals surface area contributed by atoms with Gasteiger partial charge in [-0.25, -0.2) is 4.79 Å². The Kier molecular flexibility index (Phi) is 5.98. The van der Waals surface area contributed by atoms with E-state index in [2.05, 4.69) is 33.9 Å². The normalized spacial score (nSPS) is 12.1. The first-order valence-electron chi connectivity index (χ1n) is 7.13. The van der Waals surface area contributed by atoms with Gasteiger partial charge in [0.1, 0.15) is 17.9 Å². The molecule has 0 saturated heterocycles. The van der Waals surface area contributed by atoms with Crippen LogP contribution in [-0.4, -0.2) is 34.6 Å². The first kappa shape index (κ1) is 17.7. The minimum Gasteiger partial charge on any atom is -0.490 e. The third kappa shape index (κ3) is 4.86. The lowest BCUT2D eigenvalue weighted by Crippen LogP contribution is -2.41. The highest BCUT2D eigenvalue weighted by atomic mass is 28.4. The lowest BCUT2D eigenvalue weighted by Gasteiger charge is -2.36. The summed E-state index contributed by atoms with van der Waals surface area (Å²) in [6, 6.07) is 7.07. The Balaban J connectivity index is 2.56. The maximum atomic E-state index is 11.6. The van der Waals surface area contributed by atoms with Crippen molar-refractivity contribution in [2.75, 3.05) is 20.3 Å². The minimum absolute atomic E-state index is 0.178. The van der Waals surface area contributed by atoms with Crippen LogP contribution in [0.25, 0.3) is 0 Å². The van der Waals surface area contributed by atoms with Gasteiger partial charge in [-0.2, -0.15) is 0 Å². The Bertz CT molecular complexity index is 477. The van der Waals surface area contributed by atoms with Gasteiger partial charge in [0.25, 0.3) is 0 Å². The van der Waals surface area contributed by atoms with E-state index >= 15 is 0 Å². The Labute approximate surface area is 128 Å². The van der Waals surface area contributed by atoms with Crippen LogP contribution < -0.4 is 4.74 Å². The SMILES string of the molecule is COC(=O)c1ccccc1OCCO[Si](C)(C)C(C)(C)C. The Morgan fingerprint density at radius 1 is 1.14 bits per heavy atom. The summed E-state index contributed by atoms with van der Waals surface area (Å²) in [4.78, 5) is 11.6. The number of para-hydroxylation sites is 1. The minimum atomic E-state index is -1.76. The molecular formula is C16H26O4Si. The molecule has 4 nitrogen and oxygen atoms in total. The summed E-state index contributed by atoms with van der Waals surface area (Å²) in [5, 5.41) is 0.178. The monoisotopic (exact) mass is 310 g/mol. The van der Waals surface area contributed by atoms with Crippen molar-refractivity contribution >= 4 is 14.3 Å². The largest absolute Gasteiger partial charge is 0.490 e. The van der Waals surface area contributed by atoms with Gasteiger partial charge in [0.05, 0.1) is 13.7 Å². The van der Waals surface area contributed by atoms with Crippen LogP contribution >= 0.6 is 0 Å². The van der Waals surface area contributed by atoms with E-state index in [1.165, 1.54) is 7.11 Å². The molecule has 0 heterocycles. The van der Waals surface area contributed by atoms with Crippen molar-refractivity contribution in [2.24, 2.45) is 0 Å². The molecule has 0 aliphatic heterocycles. The van der Waals surface area contributed by atoms with Crippen molar-refractivity contribution in [1.82, 2.24) is 0 Å². The Hall–Kier alpha value is -1.33. The maximum Gasteiger partial charge on any atom is 0.341 e. The molecule has 1 aromatic rings. The molecule has 0 aliphatic rings. The molecular weight excluding hydrogens is 284 g/mol. The molecule has 0 fully saturated rings. The zero-order valence-corrected chi connectivity index (χ0v) is 14.9. The van der Waals surface area contributed by atoms with Crippen LogP contribution in [0.5, 0.6) is 5.75 Å². The van der Waals surface area contributed by atoms with Crippen LogP contribution in [-0.2, 0) is 9.16 Å². The van der Waals surface area contributed by atoms with Crippen LogP contribution in [0.3, 0.4) is 0 Å². The zero-order chi connectivity index (χ0) is 16.1. The third-order valence-electron chi connectivity index (χ3n) is 3.90. The second-order valence-corrected chi connectivity index (χ2v) is 11.3.